The summed E-state index contributed by atoms with van der Waals surface area (Å²) in [5.74, 6) is 0. The van der Waals surface area contributed by atoms with Crippen LogP contribution in [0.15, 0.2) is 30.2 Å². The first-order chi connectivity index (χ1) is 8.29. The zero-order valence-electron chi connectivity index (χ0n) is 10.2. The number of rotatable bonds is 8. The molecule has 0 saturated heterocycles. The third-order valence-corrected chi connectivity index (χ3v) is 4.01. The van der Waals surface area contributed by atoms with E-state index in [1.165, 1.54) is 17.7 Å². The minimum atomic E-state index is -0.214. The maximum atomic E-state index is 9.97. The largest absolute Gasteiger partial charge is 0.392 e. The van der Waals surface area contributed by atoms with E-state index in [-0.39, 0.29) is 6.10 Å². The van der Waals surface area contributed by atoms with E-state index in [1.54, 1.807) is 11.3 Å². The molecule has 1 unspecified atom stereocenters. The molecule has 1 aromatic rings. The molecule has 1 fully saturated rings. The molecule has 0 spiro atoms. The SMILES string of the molecule is C=CCCC(O)CN(Cc1cccs1)C1CC1. The fraction of sp³-hybridized carbons (Fsp3) is 0.571. The fourth-order valence-corrected chi connectivity index (χ4v) is 2.79. The molecule has 0 radical (unpaired) electrons. The van der Waals surface area contributed by atoms with Crippen LogP contribution in [0.25, 0.3) is 0 Å². The Labute approximate surface area is 108 Å². The summed E-state index contributed by atoms with van der Waals surface area (Å²) in [5, 5.41) is 12.1. The van der Waals surface area contributed by atoms with Crippen molar-refractivity contribution >= 4 is 11.3 Å². The zero-order chi connectivity index (χ0) is 12.1. The summed E-state index contributed by atoms with van der Waals surface area (Å²) in [6.07, 6.45) is 5.98. The van der Waals surface area contributed by atoms with Gasteiger partial charge in [-0.1, -0.05) is 12.1 Å². The van der Waals surface area contributed by atoms with Gasteiger partial charge in [0, 0.05) is 24.0 Å². The highest BCUT2D eigenvalue weighted by atomic mass is 32.1. The summed E-state index contributed by atoms with van der Waals surface area (Å²) in [4.78, 5) is 3.83. The van der Waals surface area contributed by atoms with Gasteiger partial charge in [-0.25, -0.2) is 0 Å². The Morgan fingerprint density at radius 1 is 1.59 bits per heavy atom. The minimum absolute atomic E-state index is 0.214. The zero-order valence-corrected chi connectivity index (χ0v) is 11.0. The monoisotopic (exact) mass is 251 g/mol. The first-order valence-electron chi connectivity index (χ1n) is 6.35. The average Bonchev–Trinajstić information content (AvgIpc) is 3.05. The number of aliphatic hydroxyl groups is 1. The Morgan fingerprint density at radius 2 is 2.41 bits per heavy atom. The maximum Gasteiger partial charge on any atom is 0.0670 e. The average molecular weight is 251 g/mol. The van der Waals surface area contributed by atoms with Crippen LogP contribution >= 0.6 is 11.3 Å². The lowest BCUT2D eigenvalue weighted by Gasteiger charge is -2.24. The quantitative estimate of drug-likeness (QED) is 0.718. The predicted octanol–water partition coefficient (Wildman–Crippen LogP) is 3.04. The van der Waals surface area contributed by atoms with Crippen LogP contribution in [0.3, 0.4) is 0 Å². The third kappa shape index (κ3) is 4.26. The first-order valence-corrected chi connectivity index (χ1v) is 7.23. The Kier molecular flexibility index (Phi) is 4.77. The lowest BCUT2D eigenvalue weighted by atomic mass is 10.2. The van der Waals surface area contributed by atoms with Crippen molar-refractivity contribution in [2.75, 3.05) is 6.54 Å². The van der Waals surface area contributed by atoms with E-state index >= 15 is 0 Å². The molecule has 0 aromatic carbocycles. The maximum absolute atomic E-state index is 9.97. The first kappa shape index (κ1) is 12.8. The van der Waals surface area contributed by atoms with Crippen molar-refractivity contribution in [3.63, 3.8) is 0 Å². The Balaban J connectivity index is 1.82. The highest BCUT2D eigenvalue weighted by Gasteiger charge is 2.30. The van der Waals surface area contributed by atoms with Crippen LogP contribution in [0.1, 0.15) is 30.6 Å². The number of hydrogen-bond acceptors (Lipinski definition) is 3. The van der Waals surface area contributed by atoms with Crippen LogP contribution in [-0.4, -0.2) is 28.7 Å². The van der Waals surface area contributed by atoms with Crippen molar-refractivity contribution in [3.8, 4) is 0 Å². The van der Waals surface area contributed by atoms with Crippen LogP contribution in [0, 0.1) is 0 Å². The Hall–Kier alpha value is -0.640. The molecule has 2 rings (SSSR count). The Bertz CT molecular complexity index is 332. The van der Waals surface area contributed by atoms with Gasteiger partial charge in [0.25, 0.3) is 0 Å². The van der Waals surface area contributed by atoms with Crippen LogP contribution in [0.5, 0.6) is 0 Å². The third-order valence-electron chi connectivity index (χ3n) is 3.15. The summed E-state index contributed by atoms with van der Waals surface area (Å²) >= 11 is 1.80. The van der Waals surface area contributed by atoms with Gasteiger partial charge < -0.3 is 5.11 Å². The van der Waals surface area contributed by atoms with Crippen molar-refractivity contribution in [1.82, 2.24) is 4.90 Å². The van der Waals surface area contributed by atoms with Gasteiger partial charge in [-0.05, 0) is 37.1 Å². The lowest BCUT2D eigenvalue weighted by Crippen LogP contribution is -2.33. The number of thiophene rings is 1. The number of nitrogens with zero attached hydrogens (tertiary/aromatic N) is 1. The molecular formula is C14H21NOS. The highest BCUT2D eigenvalue weighted by Crippen LogP contribution is 2.29. The van der Waals surface area contributed by atoms with E-state index in [0.717, 1.165) is 25.9 Å². The number of allylic oxidation sites excluding steroid dienone is 1. The summed E-state index contributed by atoms with van der Waals surface area (Å²) in [6.45, 7) is 5.49. The molecule has 3 heteroatoms. The molecule has 1 N–H and O–H groups in total. The molecule has 0 aliphatic heterocycles. The standard InChI is InChI=1S/C14H21NOS/c1-2-3-5-13(16)10-15(12-7-8-12)11-14-6-4-9-17-14/h2,4,6,9,12-13,16H,1,3,5,7-8,10-11H2. The van der Waals surface area contributed by atoms with Crippen LogP contribution in [0.2, 0.25) is 0 Å². The van der Waals surface area contributed by atoms with Crippen LogP contribution in [-0.2, 0) is 6.54 Å². The predicted molar refractivity (Wildman–Crippen MR) is 73.2 cm³/mol. The van der Waals surface area contributed by atoms with Gasteiger partial charge in [0.15, 0.2) is 0 Å². The van der Waals surface area contributed by atoms with E-state index in [0.29, 0.717) is 6.04 Å². The fourth-order valence-electron chi connectivity index (χ4n) is 2.06. The molecule has 1 aromatic heterocycles. The molecule has 1 aliphatic carbocycles. The second kappa shape index (κ2) is 6.34. The minimum Gasteiger partial charge on any atom is -0.392 e. The molecule has 2 nitrogen and oxygen atoms in total. The van der Waals surface area contributed by atoms with Gasteiger partial charge in [-0.2, -0.15) is 0 Å². The molecule has 0 bridgehead atoms. The lowest BCUT2D eigenvalue weighted by molar-refractivity contribution is 0.0985. The van der Waals surface area contributed by atoms with Crippen LogP contribution in [0.4, 0.5) is 0 Å². The van der Waals surface area contributed by atoms with Gasteiger partial charge >= 0.3 is 0 Å². The highest BCUT2D eigenvalue weighted by molar-refractivity contribution is 7.09. The molecule has 1 atom stereocenters. The molecule has 0 amide bonds. The molecule has 94 valence electrons. The molecule has 1 aliphatic rings. The number of aliphatic hydroxyl groups excluding tert-OH is 1. The molecule has 17 heavy (non-hydrogen) atoms. The summed E-state index contributed by atoms with van der Waals surface area (Å²) in [6, 6.07) is 4.98. The smallest absolute Gasteiger partial charge is 0.0670 e. The van der Waals surface area contributed by atoms with E-state index in [1.807, 2.05) is 6.08 Å². The van der Waals surface area contributed by atoms with Gasteiger partial charge in [-0.15, -0.1) is 17.9 Å². The summed E-state index contributed by atoms with van der Waals surface area (Å²) in [5.41, 5.74) is 0. The van der Waals surface area contributed by atoms with E-state index in [9.17, 15) is 5.11 Å². The summed E-state index contributed by atoms with van der Waals surface area (Å²) in [7, 11) is 0. The van der Waals surface area contributed by atoms with Crippen molar-refractivity contribution in [2.45, 2.75) is 44.4 Å². The molecular weight excluding hydrogens is 230 g/mol. The van der Waals surface area contributed by atoms with Gasteiger partial charge in [0.2, 0.25) is 0 Å². The molecule has 1 saturated carbocycles. The topological polar surface area (TPSA) is 23.5 Å². The van der Waals surface area contributed by atoms with Crippen LogP contribution < -0.4 is 0 Å². The van der Waals surface area contributed by atoms with E-state index in [4.69, 9.17) is 0 Å². The Morgan fingerprint density at radius 3 is 3.00 bits per heavy atom. The normalized spacial score (nSPS) is 17.3. The second-order valence-electron chi connectivity index (χ2n) is 4.76. The second-order valence-corrected chi connectivity index (χ2v) is 5.79. The van der Waals surface area contributed by atoms with Crippen molar-refractivity contribution in [2.24, 2.45) is 0 Å². The van der Waals surface area contributed by atoms with Crippen molar-refractivity contribution in [1.29, 1.82) is 0 Å². The van der Waals surface area contributed by atoms with Gasteiger partial charge in [0.1, 0.15) is 0 Å². The molecule has 1 heterocycles. The van der Waals surface area contributed by atoms with Gasteiger partial charge in [-0.3, -0.25) is 4.90 Å². The van der Waals surface area contributed by atoms with E-state index in [2.05, 4.69) is 29.0 Å². The van der Waals surface area contributed by atoms with Crippen molar-refractivity contribution in [3.05, 3.63) is 35.0 Å². The number of hydrogen-bond donors (Lipinski definition) is 1. The van der Waals surface area contributed by atoms with Gasteiger partial charge in [0.05, 0.1) is 6.10 Å². The summed E-state index contributed by atoms with van der Waals surface area (Å²) < 4.78 is 0. The van der Waals surface area contributed by atoms with Crippen molar-refractivity contribution < 1.29 is 5.11 Å². The van der Waals surface area contributed by atoms with E-state index < -0.39 is 0 Å².